The molecule has 2 heterocycles. The van der Waals surface area contributed by atoms with Gasteiger partial charge in [0.1, 0.15) is 0 Å². The fraction of sp³-hybridized carbons (Fsp3) is 0.500. The third kappa shape index (κ3) is 4.90. The van der Waals surface area contributed by atoms with Crippen LogP contribution in [-0.4, -0.2) is 30.2 Å². The van der Waals surface area contributed by atoms with Crippen LogP contribution in [0.2, 0.25) is 0 Å². The molecule has 140 valence electrons. The number of nitrogens with one attached hydrogen (secondary N) is 1. The molecule has 1 saturated heterocycles. The number of benzene rings is 1. The molecule has 3 rings (SSSR count). The number of nitrogens with zero attached hydrogens (tertiary/aromatic N) is 1. The molecule has 1 amide bonds. The maximum Gasteiger partial charge on any atom is 0.252 e. The molecular weight excluding hydrogens is 348 g/mol. The number of aryl methyl sites for hydroxylation is 1. The van der Waals surface area contributed by atoms with E-state index in [4.69, 9.17) is 9.47 Å². The third-order valence-corrected chi connectivity index (χ3v) is 5.58. The molecule has 1 aliphatic heterocycles. The lowest BCUT2D eigenvalue weighted by atomic mass is 10.1. The molecule has 1 atom stereocenters. The maximum absolute atomic E-state index is 12.8. The highest BCUT2D eigenvalue weighted by Gasteiger charge is 2.18. The van der Waals surface area contributed by atoms with Crippen molar-refractivity contribution in [3.05, 3.63) is 51.5 Å². The van der Waals surface area contributed by atoms with Gasteiger partial charge in [0.2, 0.25) is 0 Å². The first kappa shape index (κ1) is 19.0. The molecule has 1 aromatic carbocycles. The first-order valence-corrected chi connectivity index (χ1v) is 10.1. The van der Waals surface area contributed by atoms with E-state index in [0.29, 0.717) is 12.2 Å². The van der Waals surface area contributed by atoms with E-state index < -0.39 is 0 Å². The molecule has 5 nitrogen and oxygen atoms in total. The van der Waals surface area contributed by atoms with Gasteiger partial charge in [-0.25, -0.2) is 4.98 Å². The van der Waals surface area contributed by atoms with Gasteiger partial charge in [0, 0.05) is 24.2 Å². The number of rotatable bonds is 7. The Morgan fingerprint density at radius 1 is 1.38 bits per heavy atom. The zero-order chi connectivity index (χ0) is 18.4. The third-order valence-electron chi connectivity index (χ3n) is 4.57. The van der Waals surface area contributed by atoms with Crippen LogP contribution in [0.3, 0.4) is 0 Å². The van der Waals surface area contributed by atoms with Crippen LogP contribution in [0.1, 0.15) is 59.4 Å². The molecule has 1 aliphatic rings. The van der Waals surface area contributed by atoms with E-state index in [1.54, 1.807) is 11.3 Å². The Kier molecular flexibility index (Phi) is 6.77. The van der Waals surface area contributed by atoms with E-state index >= 15 is 0 Å². The minimum Gasteiger partial charge on any atom is -0.381 e. The summed E-state index contributed by atoms with van der Waals surface area (Å²) in [6, 6.07) is 7.51. The van der Waals surface area contributed by atoms with Crippen LogP contribution >= 0.6 is 11.3 Å². The van der Waals surface area contributed by atoms with Gasteiger partial charge in [-0.05, 0) is 37.8 Å². The first-order chi connectivity index (χ1) is 12.7. The zero-order valence-electron chi connectivity index (χ0n) is 15.4. The number of hydrogen-bond donors (Lipinski definition) is 1. The van der Waals surface area contributed by atoms with Gasteiger partial charge in [-0.3, -0.25) is 4.79 Å². The van der Waals surface area contributed by atoms with Crippen LogP contribution in [-0.2, 0) is 22.5 Å². The van der Waals surface area contributed by atoms with Crippen LogP contribution in [0.25, 0.3) is 0 Å². The van der Waals surface area contributed by atoms with E-state index in [1.165, 1.54) is 0 Å². The lowest BCUT2D eigenvalue weighted by molar-refractivity contribution is -0.0392. The summed E-state index contributed by atoms with van der Waals surface area (Å²) in [5.74, 6) is -0.0882. The molecule has 1 fully saturated rings. The van der Waals surface area contributed by atoms with Gasteiger partial charge in [0.25, 0.3) is 5.91 Å². The summed E-state index contributed by atoms with van der Waals surface area (Å²) >= 11 is 1.64. The Morgan fingerprint density at radius 3 is 2.88 bits per heavy atom. The lowest BCUT2D eigenvalue weighted by Crippen LogP contribution is -2.28. The Bertz CT molecular complexity index is 725. The predicted molar refractivity (Wildman–Crippen MR) is 102 cm³/mol. The number of thiazole rings is 1. The molecule has 0 radical (unpaired) electrons. The SMILES string of the molecule is CCc1nc(C(C)NC(=O)c2ccccc2COC2CCOCC2)cs1. The van der Waals surface area contributed by atoms with Gasteiger partial charge >= 0.3 is 0 Å². The Hall–Kier alpha value is -1.76. The van der Waals surface area contributed by atoms with E-state index in [0.717, 1.165) is 48.7 Å². The molecule has 1 N–H and O–H groups in total. The van der Waals surface area contributed by atoms with Gasteiger partial charge in [0.05, 0.1) is 29.5 Å². The topological polar surface area (TPSA) is 60.5 Å². The molecular formula is C20H26N2O3S. The number of carbonyl (C=O) groups excluding carboxylic acids is 1. The van der Waals surface area contributed by atoms with Crippen molar-refractivity contribution in [3.8, 4) is 0 Å². The molecule has 1 aromatic heterocycles. The molecule has 6 heteroatoms. The van der Waals surface area contributed by atoms with Crippen LogP contribution in [0, 0.1) is 0 Å². The minimum absolute atomic E-state index is 0.0882. The summed E-state index contributed by atoms with van der Waals surface area (Å²) in [6.45, 7) is 5.99. The van der Waals surface area contributed by atoms with Crippen molar-refractivity contribution in [1.82, 2.24) is 10.3 Å². The number of hydrogen-bond acceptors (Lipinski definition) is 5. The van der Waals surface area contributed by atoms with Gasteiger partial charge in [-0.15, -0.1) is 11.3 Å². The van der Waals surface area contributed by atoms with Crippen LogP contribution < -0.4 is 5.32 Å². The van der Waals surface area contributed by atoms with Crippen LogP contribution in [0.5, 0.6) is 0 Å². The van der Waals surface area contributed by atoms with Gasteiger partial charge in [-0.1, -0.05) is 25.1 Å². The van der Waals surface area contributed by atoms with Gasteiger partial charge < -0.3 is 14.8 Å². The molecule has 1 unspecified atom stereocenters. The van der Waals surface area contributed by atoms with Crippen molar-refractivity contribution >= 4 is 17.2 Å². The number of aromatic nitrogens is 1. The summed E-state index contributed by atoms with van der Waals surface area (Å²) < 4.78 is 11.4. The van der Waals surface area contributed by atoms with Gasteiger partial charge in [-0.2, -0.15) is 0 Å². The zero-order valence-corrected chi connectivity index (χ0v) is 16.2. The Labute approximate surface area is 158 Å². The van der Waals surface area contributed by atoms with Crippen molar-refractivity contribution in [1.29, 1.82) is 0 Å². The number of ether oxygens (including phenoxy) is 2. The van der Waals surface area contributed by atoms with Crippen molar-refractivity contribution in [2.24, 2.45) is 0 Å². The summed E-state index contributed by atoms with van der Waals surface area (Å²) in [5, 5.41) is 6.16. The van der Waals surface area contributed by atoms with Crippen LogP contribution in [0.4, 0.5) is 0 Å². The minimum atomic E-state index is -0.122. The fourth-order valence-corrected chi connectivity index (χ4v) is 3.79. The van der Waals surface area contributed by atoms with Gasteiger partial charge in [0.15, 0.2) is 0 Å². The Morgan fingerprint density at radius 2 is 2.15 bits per heavy atom. The second kappa shape index (κ2) is 9.26. The van der Waals surface area contributed by atoms with E-state index in [9.17, 15) is 4.79 Å². The first-order valence-electron chi connectivity index (χ1n) is 9.19. The normalized spacial score (nSPS) is 16.4. The van der Waals surface area contributed by atoms with E-state index in [2.05, 4.69) is 17.2 Å². The highest BCUT2D eigenvalue weighted by Crippen LogP contribution is 2.19. The maximum atomic E-state index is 12.8. The fourth-order valence-electron chi connectivity index (χ4n) is 2.95. The highest BCUT2D eigenvalue weighted by atomic mass is 32.1. The van der Waals surface area contributed by atoms with E-state index in [1.807, 2.05) is 36.6 Å². The molecule has 26 heavy (non-hydrogen) atoms. The molecule has 0 saturated carbocycles. The summed E-state index contributed by atoms with van der Waals surface area (Å²) in [5.41, 5.74) is 2.49. The predicted octanol–water partition coefficient (Wildman–Crippen LogP) is 3.89. The van der Waals surface area contributed by atoms with Crippen molar-refractivity contribution in [3.63, 3.8) is 0 Å². The van der Waals surface area contributed by atoms with Crippen molar-refractivity contribution in [2.75, 3.05) is 13.2 Å². The molecule has 0 bridgehead atoms. The highest BCUT2D eigenvalue weighted by molar-refractivity contribution is 7.09. The number of carbonyl (C=O) groups is 1. The number of amides is 1. The van der Waals surface area contributed by atoms with E-state index in [-0.39, 0.29) is 18.1 Å². The smallest absolute Gasteiger partial charge is 0.252 e. The quantitative estimate of drug-likeness (QED) is 0.799. The largest absolute Gasteiger partial charge is 0.381 e. The average Bonchev–Trinajstić information content (AvgIpc) is 3.17. The summed E-state index contributed by atoms with van der Waals surface area (Å²) in [6.07, 6.45) is 2.95. The molecule has 0 aliphatic carbocycles. The Balaban J connectivity index is 1.63. The average molecular weight is 375 g/mol. The molecule has 2 aromatic rings. The lowest BCUT2D eigenvalue weighted by Gasteiger charge is -2.23. The second-order valence-electron chi connectivity index (χ2n) is 6.49. The van der Waals surface area contributed by atoms with Crippen molar-refractivity contribution in [2.45, 2.75) is 51.9 Å². The summed E-state index contributed by atoms with van der Waals surface area (Å²) in [7, 11) is 0. The van der Waals surface area contributed by atoms with Crippen LogP contribution in [0.15, 0.2) is 29.6 Å². The monoisotopic (exact) mass is 374 g/mol. The van der Waals surface area contributed by atoms with Crippen molar-refractivity contribution < 1.29 is 14.3 Å². The second-order valence-corrected chi connectivity index (χ2v) is 7.44. The standard InChI is InChI=1S/C20H26N2O3S/c1-3-19-22-18(13-26-19)14(2)21-20(23)17-7-5-4-6-15(17)12-25-16-8-10-24-11-9-16/h4-7,13-14,16H,3,8-12H2,1-2H3,(H,21,23). The molecule has 0 spiro atoms. The summed E-state index contributed by atoms with van der Waals surface area (Å²) in [4.78, 5) is 17.3.